The fourth-order valence-electron chi connectivity index (χ4n) is 2.53. The number of H-pyrrole nitrogens is 1. The Labute approximate surface area is 146 Å². The van der Waals surface area contributed by atoms with Gasteiger partial charge in [0.25, 0.3) is 0 Å². The van der Waals surface area contributed by atoms with Crippen LogP contribution in [0, 0.1) is 5.82 Å². The van der Waals surface area contributed by atoms with E-state index in [4.69, 9.17) is 0 Å². The monoisotopic (exact) mass is 355 g/mol. The minimum Gasteiger partial charge on any atom is -0.337 e. The van der Waals surface area contributed by atoms with Crippen molar-refractivity contribution in [1.82, 2.24) is 29.9 Å². The number of anilines is 2. The largest absolute Gasteiger partial charge is 0.337 e. The van der Waals surface area contributed by atoms with Gasteiger partial charge in [0.15, 0.2) is 5.65 Å². The molecule has 0 fully saturated rings. The number of rotatable bonds is 5. The minimum atomic E-state index is -0.243. The Kier molecular flexibility index (Phi) is 4.06. The predicted molar refractivity (Wildman–Crippen MR) is 94.5 cm³/mol. The molecule has 0 unspecified atom stereocenters. The molecule has 3 aromatic heterocycles. The third-order valence-corrected chi connectivity index (χ3v) is 4.39. The molecule has 4 aromatic rings. The lowest BCUT2D eigenvalue weighted by molar-refractivity contribution is 0.585. The summed E-state index contributed by atoms with van der Waals surface area (Å²) < 4.78 is 15.4. The van der Waals surface area contributed by atoms with Crippen LogP contribution in [-0.2, 0) is 6.54 Å². The van der Waals surface area contributed by atoms with Gasteiger partial charge in [0, 0.05) is 11.8 Å². The van der Waals surface area contributed by atoms with Crippen LogP contribution in [0.1, 0.15) is 5.56 Å². The Morgan fingerprint density at radius 2 is 2.16 bits per heavy atom. The van der Waals surface area contributed by atoms with Crippen molar-refractivity contribution in [2.75, 3.05) is 11.6 Å². The van der Waals surface area contributed by atoms with Crippen LogP contribution in [0.25, 0.3) is 11.0 Å². The Morgan fingerprint density at radius 3 is 3.00 bits per heavy atom. The number of halogens is 1. The Morgan fingerprint density at radius 1 is 1.28 bits per heavy atom. The molecule has 9 heteroatoms. The van der Waals surface area contributed by atoms with Crippen molar-refractivity contribution in [2.24, 2.45) is 0 Å². The maximum atomic E-state index is 13.8. The number of thioether (sulfide) groups is 1. The molecule has 0 atom stereocenters. The fourth-order valence-corrected chi connectivity index (χ4v) is 3.06. The van der Waals surface area contributed by atoms with E-state index in [2.05, 4.69) is 30.6 Å². The first kappa shape index (κ1) is 15.6. The lowest BCUT2D eigenvalue weighted by Crippen LogP contribution is -2.02. The molecule has 0 radical (unpaired) electrons. The molecule has 0 saturated carbocycles. The van der Waals surface area contributed by atoms with Crippen LogP contribution < -0.4 is 5.32 Å². The molecule has 2 N–H and O–H groups in total. The van der Waals surface area contributed by atoms with E-state index in [1.165, 1.54) is 24.2 Å². The van der Waals surface area contributed by atoms with Crippen LogP contribution in [0.5, 0.6) is 0 Å². The van der Waals surface area contributed by atoms with Gasteiger partial charge in [-0.1, -0.05) is 18.2 Å². The van der Waals surface area contributed by atoms with Gasteiger partial charge in [0.05, 0.1) is 23.8 Å². The first-order valence-electron chi connectivity index (χ1n) is 7.50. The molecule has 0 saturated heterocycles. The molecule has 0 spiro atoms. The van der Waals surface area contributed by atoms with Crippen molar-refractivity contribution in [3.8, 4) is 0 Å². The normalized spacial score (nSPS) is 11.1. The number of hydrogen-bond donors (Lipinski definition) is 2. The van der Waals surface area contributed by atoms with E-state index in [-0.39, 0.29) is 5.82 Å². The average Bonchev–Trinajstić information content (AvgIpc) is 3.24. The first-order valence-corrected chi connectivity index (χ1v) is 8.73. The van der Waals surface area contributed by atoms with Gasteiger partial charge in [-0.05, 0) is 12.3 Å². The molecule has 126 valence electrons. The van der Waals surface area contributed by atoms with Gasteiger partial charge in [-0.2, -0.15) is 10.2 Å². The first-order chi connectivity index (χ1) is 12.2. The highest BCUT2D eigenvalue weighted by Gasteiger charge is 2.13. The topological polar surface area (TPSA) is 84.3 Å². The molecule has 7 nitrogen and oxygen atoms in total. The summed E-state index contributed by atoms with van der Waals surface area (Å²) >= 11 is 1.51. The van der Waals surface area contributed by atoms with Crippen LogP contribution in [0.15, 0.2) is 48.0 Å². The molecule has 1 aromatic carbocycles. The minimum absolute atomic E-state index is 0.243. The molecule has 0 bridgehead atoms. The van der Waals surface area contributed by atoms with E-state index in [1.807, 2.05) is 12.3 Å². The van der Waals surface area contributed by atoms with Crippen LogP contribution in [0.3, 0.4) is 0 Å². The highest BCUT2D eigenvalue weighted by Crippen LogP contribution is 2.29. The van der Waals surface area contributed by atoms with E-state index in [1.54, 1.807) is 29.2 Å². The molecule has 4 rings (SSSR count). The summed E-state index contributed by atoms with van der Waals surface area (Å²) in [4.78, 5) is 8.48. The highest BCUT2D eigenvalue weighted by atomic mass is 32.2. The number of aromatic nitrogens is 6. The zero-order valence-electron chi connectivity index (χ0n) is 13.3. The van der Waals surface area contributed by atoms with Crippen LogP contribution in [0.2, 0.25) is 0 Å². The summed E-state index contributed by atoms with van der Waals surface area (Å²) in [6.07, 6.45) is 6.89. The standard InChI is InChI=1S/C16H14FN7S/c1-25-16-13-14(18-9-19-15(13)22-23-16)21-11-6-20-24(8-11)7-10-4-2-3-5-12(10)17/h2-6,8-9H,7H2,1H3,(H2,18,19,21,22,23). The van der Waals surface area contributed by atoms with E-state index < -0.39 is 0 Å². The lowest BCUT2D eigenvalue weighted by Gasteiger charge is -2.05. The summed E-state index contributed by atoms with van der Waals surface area (Å²) in [6, 6.07) is 6.66. The van der Waals surface area contributed by atoms with Gasteiger partial charge < -0.3 is 5.32 Å². The number of aromatic amines is 1. The second-order valence-electron chi connectivity index (χ2n) is 5.32. The maximum absolute atomic E-state index is 13.8. The summed E-state index contributed by atoms with van der Waals surface area (Å²) in [7, 11) is 0. The molecule has 25 heavy (non-hydrogen) atoms. The Hall–Kier alpha value is -2.94. The zero-order chi connectivity index (χ0) is 17.2. The van der Waals surface area contributed by atoms with Gasteiger partial charge in [-0.15, -0.1) is 11.8 Å². The third kappa shape index (κ3) is 3.05. The second kappa shape index (κ2) is 6.52. The van der Waals surface area contributed by atoms with Gasteiger partial charge in [0.2, 0.25) is 0 Å². The second-order valence-corrected chi connectivity index (χ2v) is 6.12. The lowest BCUT2D eigenvalue weighted by atomic mass is 10.2. The fraction of sp³-hybridized carbons (Fsp3) is 0.125. The molecule has 0 amide bonds. The van der Waals surface area contributed by atoms with Crippen LogP contribution >= 0.6 is 11.8 Å². The van der Waals surface area contributed by atoms with E-state index in [0.29, 0.717) is 23.6 Å². The SMILES string of the molecule is CSc1n[nH]c2ncnc(Nc3cnn(Cc4ccccc4F)c3)c12. The smallest absolute Gasteiger partial charge is 0.161 e. The molecular formula is C16H14FN7S. The van der Waals surface area contributed by atoms with Gasteiger partial charge in [-0.3, -0.25) is 9.78 Å². The average molecular weight is 355 g/mol. The third-order valence-electron chi connectivity index (χ3n) is 3.70. The van der Waals surface area contributed by atoms with Gasteiger partial charge in [-0.25, -0.2) is 14.4 Å². The predicted octanol–water partition coefficient (Wildman–Crippen LogP) is 3.20. The Bertz CT molecular complexity index is 1030. The van der Waals surface area contributed by atoms with Crippen molar-refractivity contribution in [2.45, 2.75) is 11.6 Å². The number of nitrogens with zero attached hydrogens (tertiary/aromatic N) is 5. The summed E-state index contributed by atoms with van der Waals surface area (Å²) in [5.41, 5.74) is 2.01. The molecule has 3 heterocycles. The number of benzene rings is 1. The van der Waals surface area contributed by atoms with Crippen LogP contribution in [-0.4, -0.2) is 36.2 Å². The van der Waals surface area contributed by atoms with E-state index in [9.17, 15) is 4.39 Å². The number of fused-ring (bicyclic) bond motifs is 1. The number of nitrogens with one attached hydrogen (secondary N) is 2. The Balaban J connectivity index is 1.60. The summed E-state index contributed by atoms with van der Waals surface area (Å²) in [6.45, 7) is 0.356. The van der Waals surface area contributed by atoms with Crippen molar-refractivity contribution in [3.05, 3.63) is 54.4 Å². The number of hydrogen-bond acceptors (Lipinski definition) is 6. The summed E-state index contributed by atoms with van der Waals surface area (Å²) in [5, 5.41) is 16.3. The van der Waals surface area contributed by atoms with Crippen molar-refractivity contribution in [3.63, 3.8) is 0 Å². The molecule has 0 aliphatic rings. The van der Waals surface area contributed by atoms with Gasteiger partial charge in [0.1, 0.15) is 23.0 Å². The molecule has 0 aliphatic heterocycles. The van der Waals surface area contributed by atoms with E-state index in [0.717, 1.165) is 16.1 Å². The van der Waals surface area contributed by atoms with Crippen molar-refractivity contribution < 1.29 is 4.39 Å². The van der Waals surface area contributed by atoms with Crippen molar-refractivity contribution in [1.29, 1.82) is 0 Å². The quantitative estimate of drug-likeness (QED) is 0.535. The summed E-state index contributed by atoms with van der Waals surface area (Å²) in [5.74, 6) is 0.404. The van der Waals surface area contributed by atoms with Gasteiger partial charge >= 0.3 is 0 Å². The zero-order valence-corrected chi connectivity index (χ0v) is 14.1. The van der Waals surface area contributed by atoms with Crippen molar-refractivity contribution >= 4 is 34.3 Å². The molecular weight excluding hydrogens is 341 g/mol. The maximum Gasteiger partial charge on any atom is 0.161 e. The van der Waals surface area contributed by atoms with E-state index >= 15 is 0 Å². The highest BCUT2D eigenvalue weighted by molar-refractivity contribution is 7.98. The molecule has 0 aliphatic carbocycles. The van der Waals surface area contributed by atoms with Crippen LogP contribution in [0.4, 0.5) is 15.9 Å².